The van der Waals surface area contributed by atoms with Gasteiger partial charge in [0.1, 0.15) is 0 Å². The molecule has 0 unspecified atom stereocenters. The lowest BCUT2D eigenvalue weighted by molar-refractivity contribution is 0.762. The fraction of sp³-hybridized carbons (Fsp3) is 0.286. The van der Waals surface area contributed by atoms with Crippen LogP contribution in [0.25, 0.3) is 0 Å². The van der Waals surface area contributed by atoms with Crippen LogP contribution in [-0.4, -0.2) is 6.54 Å². The molecule has 1 aliphatic heterocycles. The molecule has 1 aliphatic rings. The Kier molecular flexibility index (Phi) is 1.28. The van der Waals surface area contributed by atoms with Crippen molar-refractivity contribution in [3.8, 4) is 0 Å². The van der Waals surface area contributed by atoms with Crippen molar-refractivity contribution in [1.82, 2.24) is 5.32 Å². The summed E-state index contributed by atoms with van der Waals surface area (Å²) >= 11 is 1.81. The minimum absolute atomic E-state index is 1.10. The van der Waals surface area contributed by atoms with Crippen molar-refractivity contribution < 1.29 is 0 Å². The molecule has 0 saturated carbocycles. The van der Waals surface area contributed by atoms with Gasteiger partial charge in [-0.05, 0) is 30.0 Å². The first-order valence-corrected chi connectivity index (χ1v) is 3.98. The molecule has 0 aromatic carbocycles. The van der Waals surface area contributed by atoms with Gasteiger partial charge in [0.05, 0.1) is 6.54 Å². The van der Waals surface area contributed by atoms with Crippen molar-refractivity contribution in [1.29, 1.82) is 0 Å². The number of thiophene rings is 1. The Morgan fingerprint density at radius 1 is 1.56 bits per heavy atom. The summed E-state index contributed by atoms with van der Waals surface area (Å²) in [6.07, 6.45) is 1.19. The molecular weight excluding hydrogens is 130 g/mol. The molecule has 0 amide bonds. The summed E-state index contributed by atoms with van der Waals surface area (Å²) in [5, 5.41) is 5.36. The minimum atomic E-state index is 1.10. The normalized spacial score (nSPS) is 17.3. The van der Waals surface area contributed by atoms with E-state index < -0.39 is 0 Å². The molecule has 0 spiro atoms. The van der Waals surface area contributed by atoms with Gasteiger partial charge in [-0.25, -0.2) is 0 Å². The Morgan fingerprint density at radius 2 is 2.56 bits per heavy atom. The van der Waals surface area contributed by atoms with Gasteiger partial charge in [-0.15, -0.1) is 11.3 Å². The van der Waals surface area contributed by atoms with E-state index in [-0.39, 0.29) is 0 Å². The molecular formula is C7H8NS. The maximum Gasteiger partial charge on any atom is 0.0624 e. The molecule has 1 aromatic heterocycles. The lowest BCUT2D eigenvalue weighted by Crippen LogP contribution is -2.19. The van der Waals surface area contributed by atoms with Crippen LogP contribution >= 0.6 is 11.3 Å². The van der Waals surface area contributed by atoms with E-state index in [0.29, 0.717) is 0 Å². The van der Waals surface area contributed by atoms with Crippen LogP contribution in [0, 0.1) is 6.54 Å². The van der Waals surface area contributed by atoms with Crippen molar-refractivity contribution in [3.05, 3.63) is 28.4 Å². The molecule has 47 valence electrons. The highest BCUT2D eigenvalue weighted by molar-refractivity contribution is 7.10. The lowest BCUT2D eigenvalue weighted by Gasteiger charge is -2.10. The van der Waals surface area contributed by atoms with Gasteiger partial charge in [-0.1, -0.05) is 0 Å². The zero-order valence-electron chi connectivity index (χ0n) is 5.05. The molecule has 1 aromatic rings. The third-order valence-electron chi connectivity index (χ3n) is 1.55. The molecule has 1 nitrogen and oxygen atoms in total. The number of rotatable bonds is 0. The van der Waals surface area contributed by atoms with Crippen LogP contribution in [-0.2, 0) is 6.42 Å². The van der Waals surface area contributed by atoms with Crippen molar-refractivity contribution in [2.75, 3.05) is 6.54 Å². The molecule has 2 heteroatoms. The second kappa shape index (κ2) is 2.12. The molecule has 0 bridgehead atoms. The van der Waals surface area contributed by atoms with Gasteiger partial charge >= 0.3 is 0 Å². The minimum Gasteiger partial charge on any atom is -0.307 e. The molecule has 1 radical (unpaired) electrons. The monoisotopic (exact) mass is 138 g/mol. The van der Waals surface area contributed by atoms with E-state index in [0.717, 1.165) is 6.54 Å². The van der Waals surface area contributed by atoms with Crippen molar-refractivity contribution in [2.45, 2.75) is 6.42 Å². The topological polar surface area (TPSA) is 12.0 Å². The van der Waals surface area contributed by atoms with Gasteiger partial charge in [0.15, 0.2) is 0 Å². The van der Waals surface area contributed by atoms with Gasteiger partial charge in [0.2, 0.25) is 0 Å². The summed E-state index contributed by atoms with van der Waals surface area (Å²) in [6, 6.07) is 2.21. The van der Waals surface area contributed by atoms with Crippen LogP contribution in [0.4, 0.5) is 0 Å². The summed E-state index contributed by atoms with van der Waals surface area (Å²) in [5.41, 5.74) is 1.50. The van der Waals surface area contributed by atoms with Crippen LogP contribution in [0.3, 0.4) is 0 Å². The average Bonchev–Trinajstić information content (AvgIpc) is 2.33. The van der Waals surface area contributed by atoms with E-state index in [1.165, 1.54) is 16.9 Å². The summed E-state index contributed by atoms with van der Waals surface area (Å²) < 4.78 is 0. The molecule has 0 fully saturated rings. The first kappa shape index (κ1) is 5.45. The van der Waals surface area contributed by atoms with Gasteiger partial charge < -0.3 is 5.32 Å². The molecule has 2 rings (SSSR count). The zero-order valence-corrected chi connectivity index (χ0v) is 5.87. The predicted octanol–water partition coefficient (Wildman–Crippen LogP) is 1.40. The zero-order chi connectivity index (χ0) is 6.10. The lowest BCUT2D eigenvalue weighted by atomic mass is 10.1. The number of fused-ring (bicyclic) bond motifs is 1. The molecule has 2 heterocycles. The Labute approximate surface area is 58.7 Å². The fourth-order valence-electron chi connectivity index (χ4n) is 1.05. The highest BCUT2D eigenvalue weighted by Crippen LogP contribution is 2.20. The van der Waals surface area contributed by atoms with E-state index in [4.69, 9.17) is 0 Å². The van der Waals surface area contributed by atoms with Crippen LogP contribution in [0.5, 0.6) is 0 Å². The van der Waals surface area contributed by atoms with Crippen LogP contribution in [0.1, 0.15) is 10.4 Å². The standard InChI is InChI=1S/C7H8NS/c1-3-8-5-7-6(1)2-4-9-7/h2,4-5,8H,1,3H2. The van der Waals surface area contributed by atoms with Gasteiger partial charge in [-0.3, -0.25) is 0 Å². The predicted molar refractivity (Wildman–Crippen MR) is 39.4 cm³/mol. The third-order valence-corrected chi connectivity index (χ3v) is 2.46. The Bertz CT molecular complexity index is 184. The summed E-state index contributed by atoms with van der Waals surface area (Å²) in [4.78, 5) is 1.40. The summed E-state index contributed by atoms with van der Waals surface area (Å²) in [7, 11) is 0. The van der Waals surface area contributed by atoms with Crippen molar-refractivity contribution >= 4 is 11.3 Å². The van der Waals surface area contributed by atoms with E-state index in [2.05, 4.69) is 23.3 Å². The Hall–Kier alpha value is -0.340. The second-order valence-electron chi connectivity index (χ2n) is 2.16. The van der Waals surface area contributed by atoms with Crippen molar-refractivity contribution in [2.24, 2.45) is 0 Å². The molecule has 9 heavy (non-hydrogen) atoms. The number of hydrogen-bond donors (Lipinski definition) is 1. The summed E-state index contributed by atoms with van der Waals surface area (Å²) in [6.45, 7) is 3.20. The van der Waals surface area contributed by atoms with Crippen LogP contribution in [0.15, 0.2) is 11.4 Å². The molecule has 1 N–H and O–H groups in total. The average molecular weight is 138 g/mol. The second-order valence-corrected chi connectivity index (χ2v) is 3.11. The van der Waals surface area contributed by atoms with Crippen LogP contribution < -0.4 is 5.32 Å². The maximum absolute atomic E-state index is 3.21. The van der Waals surface area contributed by atoms with Crippen LogP contribution in [0.2, 0.25) is 0 Å². The number of hydrogen-bond acceptors (Lipinski definition) is 2. The quantitative estimate of drug-likeness (QED) is 0.571. The van der Waals surface area contributed by atoms with Gasteiger partial charge in [-0.2, -0.15) is 0 Å². The SMILES string of the molecule is [CH]1NCCc2ccsc21. The molecule has 0 atom stereocenters. The molecule has 0 aliphatic carbocycles. The summed E-state index contributed by atoms with van der Waals surface area (Å²) in [5.74, 6) is 0. The van der Waals surface area contributed by atoms with Gasteiger partial charge in [0, 0.05) is 4.88 Å². The van der Waals surface area contributed by atoms with E-state index >= 15 is 0 Å². The number of nitrogens with one attached hydrogen (secondary N) is 1. The molecule has 0 saturated heterocycles. The van der Waals surface area contributed by atoms with E-state index in [1.54, 1.807) is 0 Å². The van der Waals surface area contributed by atoms with E-state index in [1.807, 2.05) is 11.3 Å². The first-order chi connectivity index (χ1) is 4.47. The first-order valence-electron chi connectivity index (χ1n) is 3.10. The Morgan fingerprint density at radius 3 is 3.44 bits per heavy atom. The largest absolute Gasteiger partial charge is 0.307 e. The van der Waals surface area contributed by atoms with Crippen molar-refractivity contribution in [3.63, 3.8) is 0 Å². The Balaban J connectivity index is 2.39. The van der Waals surface area contributed by atoms with Gasteiger partial charge in [0.25, 0.3) is 0 Å². The fourth-order valence-corrected chi connectivity index (χ4v) is 1.90. The highest BCUT2D eigenvalue weighted by Gasteiger charge is 2.07. The third kappa shape index (κ3) is 0.884. The highest BCUT2D eigenvalue weighted by atomic mass is 32.1. The maximum atomic E-state index is 3.21. The van der Waals surface area contributed by atoms with E-state index in [9.17, 15) is 0 Å². The smallest absolute Gasteiger partial charge is 0.0624 e.